The van der Waals surface area contributed by atoms with Gasteiger partial charge in [0.15, 0.2) is 0 Å². The molecule has 0 atom stereocenters. The Morgan fingerprint density at radius 2 is 1.93 bits per heavy atom. The van der Waals surface area contributed by atoms with Crippen LogP contribution < -0.4 is 11.1 Å². The van der Waals surface area contributed by atoms with Crippen LogP contribution in [0.15, 0.2) is 70.8 Å². The molecule has 0 radical (unpaired) electrons. The zero-order chi connectivity index (χ0) is 20.1. The molecular formula is C20H20N4O3S. The van der Waals surface area contributed by atoms with Crippen LogP contribution in [0.4, 0.5) is 0 Å². The van der Waals surface area contributed by atoms with Crippen molar-refractivity contribution in [2.75, 3.05) is 13.1 Å². The van der Waals surface area contributed by atoms with Gasteiger partial charge in [-0.15, -0.1) is 0 Å². The number of hydrogen-bond acceptors (Lipinski definition) is 5. The molecule has 0 bridgehead atoms. The molecule has 1 aliphatic rings. The Balaban J connectivity index is 1.71. The van der Waals surface area contributed by atoms with E-state index in [0.717, 1.165) is 5.56 Å². The summed E-state index contributed by atoms with van der Waals surface area (Å²) in [6.07, 6.45) is 0.226. The van der Waals surface area contributed by atoms with E-state index >= 15 is 0 Å². The topological polar surface area (TPSA) is 116 Å². The number of carbonyl (C=O) groups excluding carboxylic acids is 1. The van der Waals surface area contributed by atoms with Gasteiger partial charge in [-0.25, -0.2) is 8.42 Å². The molecule has 1 aliphatic heterocycles. The summed E-state index contributed by atoms with van der Waals surface area (Å²) in [7, 11) is -3.80. The van der Waals surface area contributed by atoms with Gasteiger partial charge in [0.1, 0.15) is 0 Å². The van der Waals surface area contributed by atoms with Crippen molar-refractivity contribution in [2.24, 2.45) is 5.73 Å². The van der Waals surface area contributed by atoms with Crippen LogP contribution in [0.3, 0.4) is 0 Å². The number of nitrogens with two attached hydrogens (primary N) is 1. The van der Waals surface area contributed by atoms with E-state index in [0.29, 0.717) is 12.1 Å². The maximum absolute atomic E-state index is 12.8. The maximum Gasteiger partial charge on any atom is 0.249 e. The molecule has 8 heteroatoms. The molecule has 0 spiro atoms. The first-order valence-electron chi connectivity index (χ1n) is 8.72. The summed E-state index contributed by atoms with van der Waals surface area (Å²) in [5.74, 6) is -0.287. The summed E-state index contributed by atoms with van der Waals surface area (Å²) in [4.78, 5) is 12.5. The van der Waals surface area contributed by atoms with Gasteiger partial charge < -0.3 is 11.1 Å². The number of amides is 1. The van der Waals surface area contributed by atoms with E-state index in [9.17, 15) is 13.2 Å². The van der Waals surface area contributed by atoms with Crippen molar-refractivity contribution in [1.29, 1.82) is 5.26 Å². The highest BCUT2D eigenvalue weighted by Gasteiger charge is 2.30. The molecule has 0 aliphatic carbocycles. The number of nitrogens with one attached hydrogen (secondary N) is 1. The Morgan fingerprint density at radius 3 is 2.61 bits per heavy atom. The van der Waals surface area contributed by atoms with Crippen LogP contribution in [0.5, 0.6) is 0 Å². The van der Waals surface area contributed by atoms with Crippen LogP contribution in [-0.2, 0) is 21.4 Å². The number of sulfonamides is 1. The fourth-order valence-electron chi connectivity index (χ4n) is 2.99. The lowest BCUT2D eigenvalue weighted by molar-refractivity contribution is -0.118. The van der Waals surface area contributed by atoms with Crippen molar-refractivity contribution in [1.82, 2.24) is 9.62 Å². The van der Waals surface area contributed by atoms with Crippen molar-refractivity contribution in [3.63, 3.8) is 0 Å². The second-order valence-electron chi connectivity index (χ2n) is 6.40. The lowest BCUT2D eigenvalue weighted by Crippen LogP contribution is -2.41. The van der Waals surface area contributed by atoms with E-state index in [1.807, 2.05) is 36.4 Å². The van der Waals surface area contributed by atoms with Crippen LogP contribution in [0.2, 0.25) is 0 Å². The zero-order valence-corrected chi connectivity index (χ0v) is 15.9. The fraction of sp³-hybridized carbons (Fsp3) is 0.200. The number of carbonyl (C=O) groups is 1. The molecule has 2 aromatic carbocycles. The van der Waals surface area contributed by atoms with Crippen LogP contribution >= 0.6 is 0 Å². The SMILES string of the molecule is N#Cc1cccc(S(=O)(=O)N2CCC(C(=O)NCc3ccccc3)=C(N)C2)c1. The minimum absolute atomic E-state index is 0.0383. The van der Waals surface area contributed by atoms with E-state index in [4.69, 9.17) is 11.0 Å². The molecule has 2 aromatic rings. The highest BCUT2D eigenvalue weighted by Crippen LogP contribution is 2.23. The van der Waals surface area contributed by atoms with Gasteiger partial charge in [-0.05, 0) is 30.2 Å². The Hall–Kier alpha value is -3.15. The van der Waals surface area contributed by atoms with Gasteiger partial charge in [-0.3, -0.25) is 4.79 Å². The summed E-state index contributed by atoms with van der Waals surface area (Å²) < 4.78 is 26.9. The third-order valence-corrected chi connectivity index (χ3v) is 6.36. The van der Waals surface area contributed by atoms with Crippen molar-refractivity contribution < 1.29 is 13.2 Å². The van der Waals surface area contributed by atoms with Crippen molar-refractivity contribution in [2.45, 2.75) is 17.9 Å². The number of nitrogens with zero attached hydrogens (tertiary/aromatic N) is 2. The van der Waals surface area contributed by atoms with Gasteiger partial charge in [0.2, 0.25) is 15.9 Å². The molecule has 0 saturated heterocycles. The third-order valence-electron chi connectivity index (χ3n) is 4.52. The van der Waals surface area contributed by atoms with Gasteiger partial charge in [-0.2, -0.15) is 9.57 Å². The molecule has 0 aromatic heterocycles. The molecule has 1 heterocycles. The van der Waals surface area contributed by atoms with E-state index in [1.54, 1.807) is 6.07 Å². The number of benzene rings is 2. The van der Waals surface area contributed by atoms with E-state index in [-0.39, 0.29) is 41.6 Å². The van der Waals surface area contributed by atoms with Gasteiger partial charge in [0.05, 0.1) is 23.1 Å². The Bertz CT molecular complexity index is 1060. The molecule has 144 valence electrons. The average Bonchev–Trinajstić information content (AvgIpc) is 2.72. The molecule has 0 unspecified atom stereocenters. The molecule has 7 nitrogen and oxygen atoms in total. The fourth-order valence-corrected chi connectivity index (χ4v) is 4.45. The first-order valence-corrected chi connectivity index (χ1v) is 10.2. The lowest BCUT2D eigenvalue weighted by atomic mass is 10.1. The highest BCUT2D eigenvalue weighted by molar-refractivity contribution is 7.89. The summed E-state index contributed by atoms with van der Waals surface area (Å²) in [6, 6.07) is 17.3. The normalized spacial score (nSPS) is 15.1. The molecule has 0 fully saturated rings. The predicted octanol–water partition coefficient (Wildman–Crippen LogP) is 1.48. The Morgan fingerprint density at radius 1 is 1.18 bits per heavy atom. The monoisotopic (exact) mass is 396 g/mol. The van der Waals surface area contributed by atoms with Crippen molar-refractivity contribution in [3.05, 3.63) is 77.0 Å². The number of hydrogen-bond donors (Lipinski definition) is 2. The minimum Gasteiger partial charge on any atom is -0.401 e. The molecular weight excluding hydrogens is 376 g/mol. The van der Waals surface area contributed by atoms with Crippen LogP contribution in [0.25, 0.3) is 0 Å². The van der Waals surface area contributed by atoms with Crippen LogP contribution in [-0.4, -0.2) is 31.7 Å². The minimum atomic E-state index is -3.80. The number of nitriles is 1. The first kappa shape index (κ1) is 19.6. The molecule has 3 rings (SSSR count). The third kappa shape index (κ3) is 4.22. The first-order chi connectivity index (χ1) is 13.4. The summed E-state index contributed by atoms with van der Waals surface area (Å²) >= 11 is 0. The lowest BCUT2D eigenvalue weighted by Gasteiger charge is -2.28. The van der Waals surface area contributed by atoms with E-state index < -0.39 is 10.0 Å². The van der Waals surface area contributed by atoms with Crippen molar-refractivity contribution in [3.8, 4) is 6.07 Å². The predicted molar refractivity (Wildman–Crippen MR) is 104 cm³/mol. The van der Waals surface area contributed by atoms with Crippen molar-refractivity contribution >= 4 is 15.9 Å². The largest absolute Gasteiger partial charge is 0.401 e. The molecule has 28 heavy (non-hydrogen) atoms. The Labute approximate surface area is 164 Å². The van der Waals surface area contributed by atoms with Gasteiger partial charge in [-0.1, -0.05) is 36.4 Å². The Kier molecular flexibility index (Phi) is 5.78. The van der Waals surface area contributed by atoms with E-state index in [2.05, 4.69) is 5.32 Å². The molecule has 3 N–H and O–H groups in total. The highest BCUT2D eigenvalue weighted by atomic mass is 32.2. The van der Waals surface area contributed by atoms with Gasteiger partial charge in [0.25, 0.3) is 0 Å². The standard InChI is InChI=1S/C20H20N4O3S/c21-12-16-7-4-8-17(11-16)28(26,27)24-10-9-18(19(22)14-24)20(25)23-13-15-5-2-1-3-6-15/h1-8,11H,9-10,13-14,22H2,(H,23,25). The quantitative estimate of drug-likeness (QED) is 0.794. The maximum atomic E-state index is 12.8. The zero-order valence-electron chi connectivity index (χ0n) is 15.1. The summed E-state index contributed by atoms with van der Waals surface area (Å²) in [6.45, 7) is 0.459. The number of rotatable bonds is 5. The second kappa shape index (κ2) is 8.25. The van der Waals surface area contributed by atoms with Crippen LogP contribution in [0, 0.1) is 11.3 Å². The molecule has 0 saturated carbocycles. The molecule has 1 amide bonds. The van der Waals surface area contributed by atoms with Crippen LogP contribution in [0.1, 0.15) is 17.5 Å². The second-order valence-corrected chi connectivity index (χ2v) is 8.34. The smallest absolute Gasteiger partial charge is 0.249 e. The summed E-state index contributed by atoms with van der Waals surface area (Å²) in [5, 5.41) is 11.8. The summed E-state index contributed by atoms with van der Waals surface area (Å²) in [5.41, 5.74) is 7.91. The van der Waals surface area contributed by atoms with E-state index in [1.165, 1.54) is 22.5 Å². The van der Waals surface area contributed by atoms with Gasteiger partial charge >= 0.3 is 0 Å². The average molecular weight is 396 g/mol. The van der Waals surface area contributed by atoms with Gasteiger partial charge in [0, 0.05) is 24.4 Å².